The Labute approximate surface area is 166 Å². The van der Waals surface area contributed by atoms with Gasteiger partial charge < -0.3 is 5.32 Å². The fourth-order valence-corrected chi connectivity index (χ4v) is 5.24. The predicted octanol–water partition coefficient (Wildman–Crippen LogP) is 3.45. The molecule has 0 saturated heterocycles. The van der Waals surface area contributed by atoms with Gasteiger partial charge in [-0.2, -0.15) is 4.31 Å². The molecule has 27 heavy (non-hydrogen) atoms. The number of thioether (sulfide) groups is 1. The van der Waals surface area contributed by atoms with E-state index in [1.807, 2.05) is 0 Å². The van der Waals surface area contributed by atoms with Gasteiger partial charge >= 0.3 is 0 Å². The molecule has 1 aliphatic rings. The van der Waals surface area contributed by atoms with E-state index >= 15 is 0 Å². The van der Waals surface area contributed by atoms with Gasteiger partial charge in [0.05, 0.1) is 17.5 Å². The lowest BCUT2D eigenvalue weighted by Crippen LogP contribution is -2.40. The van der Waals surface area contributed by atoms with Gasteiger partial charge in [-0.25, -0.2) is 12.8 Å². The van der Waals surface area contributed by atoms with Gasteiger partial charge in [0.2, 0.25) is 15.9 Å². The van der Waals surface area contributed by atoms with Crippen LogP contribution in [0.2, 0.25) is 5.02 Å². The van der Waals surface area contributed by atoms with Crippen molar-refractivity contribution in [3.8, 4) is 0 Å². The molecule has 0 bridgehead atoms. The fourth-order valence-electron chi connectivity index (χ4n) is 2.85. The zero-order valence-electron chi connectivity index (χ0n) is 14.5. The molecular weight excluding hydrogens is 411 g/mol. The number of hydrogen-bond donors (Lipinski definition) is 1. The normalized spacial score (nSPS) is 16.8. The maximum atomic E-state index is 13.9. The van der Waals surface area contributed by atoms with Crippen molar-refractivity contribution in [2.45, 2.75) is 22.3 Å². The topological polar surface area (TPSA) is 66.5 Å². The molecule has 0 fully saturated rings. The smallest absolute Gasteiger partial charge is 0.243 e. The Hall–Kier alpha value is -1.61. The van der Waals surface area contributed by atoms with Gasteiger partial charge in [0.25, 0.3) is 0 Å². The van der Waals surface area contributed by atoms with Crippen LogP contribution in [0.4, 0.5) is 4.39 Å². The van der Waals surface area contributed by atoms with Crippen molar-refractivity contribution in [3.05, 3.63) is 58.9 Å². The molecule has 0 spiro atoms. The van der Waals surface area contributed by atoms with E-state index in [0.717, 1.165) is 9.87 Å². The molecule has 2 aromatic rings. The molecule has 1 amide bonds. The van der Waals surface area contributed by atoms with Crippen molar-refractivity contribution in [1.82, 2.24) is 9.62 Å². The minimum Gasteiger partial charge on any atom is -0.348 e. The van der Waals surface area contributed by atoms with Crippen LogP contribution < -0.4 is 5.32 Å². The van der Waals surface area contributed by atoms with Crippen molar-refractivity contribution >= 4 is 39.3 Å². The lowest BCUT2D eigenvalue weighted by atomic mass is 10.0. The van der Waals surface area contributed by atoms with E-state index in [2.05, 4.69) is 5.32 Å². The van der Waals surface area contributed by atoms with Gasteiger partial charge in [0.15, 0.2) is 0 Å². The summed E-state index contributed by atoms with van der Waals surface area (Å²) in [6, 6.07) is 10.2. The molecule has 1 aliphatic heterocycles. The van der Waals surface area contributed by atoms with E-state index in [1.54, 1.807) is 12.1 Å². The quantitative estimate of drug-likeness (QED) is 0.792. The zero-order chi connectivity index (χ0) is 19.6. The predicted molar refractivity (Wildman–Crippen MR) is 104 cm³/mol. The van der Waals surface area contributed by atoms with E-state index in [0.29, 0.717) is 22.1 Å². The third kappa shape index (κ3) is 4.45. The Morgan fingerprint density at radius 2 is 2.00 bits per heavy atom. The average molecular weight is 429 g/mol. The summed E-state index contributed by atoms with van der Waals surface area (Å²) in [5, 5.41) is 3.25. The lowest BCUT2D eigenvalue weighted by Gasteiger charge is -2.27. The number of hydrogen-bond acceptors (Lipinski definition) is 4. The highest BCUT2D eigenvalue weighted by atomic mass is 35.5. The van der Waals surface area contributed by atoms with Crippen molar-refractivity contribution in [1.29, 1.82) is 0 Å². The number of rotatable bonds is 5. The molecular formula is C18H18ClFN2O3S2. The van der Waals surface area contributed by atoms with E-state index in [-0.39, 0.29) is 23.3 Å². The molecule has 1 N–H and O–H groups in total. The molecule has 0 aliphatic carbocycles. The summed E-state index contributed by atoms with van der Waals surface area (Å²) < 4.78 is 40.0. The third-order valence-electron chi connectivity index (χ3n) is 4.25. The van der Waals surface area contributed by atoms with Crippen molar-refractivity contribution in [2.75, 3.05) is 19.3 Å². The Bertz CT molecular complexity index is 952. The van der Waals surface area contributed by atoms with Gasteiger partial charge in [-0.15, -0.1) is 11.8 Å². The molecule has 2 aromatic carbocycles. The van der Waals surface area contributed by atoms with E-state index < -0.39 is 15.9 Å². The molecule has 1 atom stereocenters. The lowest BCUT2D eigenvalue weighted by molar-refractivity contribution is -0.121. The van der Waals surface area contributed by atoms with Crippen LogP contribution in [0.15, 0.2) is 52.3 Å². The number of nitrogens with one attached hydrogen (secondary N) is 1. The molecule has 3 rings (SSSR count). The van der Waals surface area contributed by atoms with E-state index in [4.69, 9.17) is 11.6 Å². The van der Waals surface area contributed by atoms with Crippen molar-refractivity contribution in [2.24, 2.45) is 0 Å². The number of benzene rings is 2. The molecule has 0 aromatic heterocycles. The van der Waals surface area contributed by atoms with Gasteiger partial charge in [-0.3, -0.25) is 4.79 Å². The van der Waals surface area contributed by atoms with Gasteiger partial charge in [0, 0.05) is 22.7 Å². The minimum absolute atomic E-state index is 0.0590. The van der Waals surface area contributed by atoms with Crippen LogP contribution >= 0.6 is 23.4 Å². The van der Waals surface area contributed by atoms with E-state index in [1.165, 1.54) is 49.1 Å². The molecule has 0 radical (unpaired) electrons. The first-order chi connectivity index (χ1) is 12.8. The van der Waals surface area contributed by atoms with Gasteiger partial charge in [-0.05, 0) is 42.3 Å². The van der Waals surface area contributed by atoms with Gasteiger partial charge in [-0.1, -0.05) is 23.7 Å². The summed E-state index contributed by atoms with van der Waals surface area (Å²) in [6.07, 6.45) is 0.653. The highest BCUT2D eigenvalue weighted by molar-refractivity contribution is 7.99. The summed E-state index contributed by atoms with van der Waals surface area (Å²) in [7, 11) is -2.47. The Balaban J connectivity index is 1.70. The number of fused-ring (bicyclic) bond motifs is 1. The van der Waals surface area contributed by atoms with Crippen LogP contribution in [0.5, 0.6) is 0 Å². The number of nitrogens with zero attached hydrogens (tertiary/aromatic N) is 1. The second kappa shape index (κ2) is 8.18. The Morgan fingerprint density at radius 1 is 1.30 bits per heavy atom. The van der Waals surface area contributed by atoms with Crippen LogP contribution in [0.3, 0.4) is 0 Å². The molecule has 144 valence electrons. The standard InChI is InChI=1S/C18H18ClFN2O3S2/c1-22(27(24,25)13-7-5-12(19)6-8-13)11-17(23)21-16-9-10-26-18-14(16)3-2-4-15(18)20/h2-8,16H,9-11H2,1H3,(H,21,23). The third-order valence-corrected chi connectivity index (χ3v) is 7.48. The molecule has 9 heteroatoms. The Morgan fingerprint density at radius 3 is 2.70 bits per heavy atom. The summed E-state index contributed by atoms with van der Waals surface area (Å²) in [6.45, 7) is -0.334. The maximum absolute atomic E-state index is 13.9. The average Bonchev–Trinajstić information content (AvgIpc) is 2.63. The van der Waals surface area contributed by atoms with Crippen LogP contribution in [0.25, 0.3) is 0 Å². The van der Waals surface area contributed by atoms with E-state index in [9.17, 15) is 17.6 Å². The number of sulfonamides is 1. The second-order valence-electron chi connectivity index (χ2n) is 6.13. The SMILES string of the molecule is CN(CC(=O)NC1CCSc2c(F)cccc21)S(=O)(=O)c1ccc(Cl)cc1. The number of halogens is 2. The monoisotopic (exact) mass is 428 g/mol. The minimum atomic E-state index is -3.81. The van der Waals surface area contributed by atoms with Crippen LogP contribution in [0.1, 0.15) is 18.0 Å². The zero-order valence-corrected chi connectivity index (χ0v) is 16.9. The largest absolute Gasteiger partial charge is 0.348 e. The summed E-state index contributed by atoms with van der Waals surface area (Å²) in [4.78, 5) is 13.0. The van der Waals surface area contributed by atoms with Crippen molar-refractivity contribution < 1.29 is 17.6 Å². The molecule has 1 unspecified atom stereocenters. The first kappa shape index (κ1) is 20.1. The molecule has 5 nitrogen and oxygen atoms in total. The summed E-state index contributed by atoms with van der Waals surface area (Å²) in [5.74, 6) is -0.0707. The summed E-state index contributed by atoms with van der Waals surface area (Å²) >= 11 is 7.20. The second-order valence-corrected chi connectivity index (χ2v) is 9.72. The first-order valence-corrected chi connectivity index (χ1v) is 11.0. The fraction of sp³-hybridized carbons (Fsp3) is 0.278. The molecule has 0 saturated carbocycles. The van der Waals surface area contributed by atoms with Crippen LogP contribution in [0, 0.1) is 5.82 Å². The number of likely N-dealkylation sites (N-methyl/N-ethyl adjacent to an activating group) is 1. The van der Waals surface area contributed by atoms with Crippen LogP contribution in [-0.4, -0.2) is 38.0 Å². The maximum Gasteiger partial charge on any atom is 0.243 e. The highest BCUT2D eigenvalue weighted by Crippen LogP contribution is 2.37. The highest BCUT2D eigenvalue weighted by Gasteiger charge is 2.27. The summed E-state index contributed by atoms with van der Waals surface area (Å²) in [5.41, 5.74) is 0.725. The van der Waals surface area contributed by atoms with Gasteiger partial charge in [0.1, 0.15) is 5.82 Å². The van der Waals surface area contributed by atoms with Crippen molar-refractivity contribution in [3.63, 3.8) is 0 Å². The molecule has 1 heterocycles. The Kier molecular flexibility index (Phi) is 6.10. The first-order valence-electron chi connectivity index (χ1n) is 8.21. The van der Waals surface area contributed by atoms with Crippen LogP contribution in [-0.2, 0) is 14.8 Å². The number of carbonyl (C=O) groups excluding carboxylic acids is 1. The number of carbonyl (C=O) groups is 1. The number of amides is 1.